The van der Waals surface area contributed by atoms with Gasteiger partial charge in [0, 0.05) is 18.6 Å². The van der Waals surface area contributed by atoms with Crippen LogP contribution < -0.4 is 11.1 Å². The number of nitrogens with one attached hydrogen (secondary N) is 1. The Hall–Kier alpha value is -0.540. The molecule has 0 saturated carbocycles. The summed E-state index contributed by atoms with van der Waals surface area (Å²) in [6.07, 6.45) is 1.72. The van der Waals surface area contributed by atoms with Gasteiger partial charge in [0.15, 0.2) is 0 Å². The number of hydrogen-bond donors (Lipinski definition) is 2. The third kappa shape index (κ3) is 5.40. The molecule has 1 rings (SSSR count). The Labute approximate surface area is 121 Å². The smallest absolute Gasteiger partial charge is 0.237 e. The SMILES string of the molecule is CC(C)(CN)NCC(=O)N1CCC[C@H]1C#N.Cl.Cl. The van der Waals surface area contributed by atoms with Crippen molar-refractivity contribution in [2.75, 3.05) is 19.6 Å². The van der Waals surface area contributed by atoms with E-state index in [4.69, 9.17) is 11.0 Å². The third-order valence-electron chi connectivity index (χ3n) is 2.95. The lowest BCUT2D eigenvalue weighted by molar-refractivity contribution is -0.130. The fourth-order valence-corrected chi connectivity index (χ4v) is 1.69. The van der Waals surface area contributed by atoms with Crippen molar-refractivity contribution in [2.24, 2.45) is 5.73 Å². The van der Waals surface area contributed by atoms with Gasteiger partial charge in [-0.3, -0.25) is 4.79 Å². The number of carbonyl (C=O) groups is 1. The second-order valence-electron chi connectivity index (χ2n) is 4.82. The van der Waals surface area contributed by atoms with Crippen LogP contribution in [0.25, 0.3) is 0 Å². The molecule has 1 aliphatic heterocycles. The topological polar surface area (TPSA) is 82.2 Å². The standard InChI is InChI=1S/C11H20N4O.2ClH/c1-11(2,8-13)14-7-10(16)15-5-3-4-9(15)6-12;;/h9,14H,3-5,7-8,13H2,1-2H3;2*1H/t9-;;/m0../s1. The van der Waals surface area contributed by atoms with Gasteiger partial charge in [0.25, 0.3) is 0 Å². The predicted octanol–water partition coefficient (Wildman–Crippen LogP) is 0.671. The van der Waals surface area contributed by atoms with Gasteiger partial charge in [0.1, 0.15) is 6.04 Å². The molecule has 0 aliphatic carbocycles. The van der Waals surface area contributed by atoms with Crippen molar-refractivity contribution < 1.29 is 4.79 Å². The van der Waals surface area contributed by atoms with Gasteiger partial charge < -0.3 is 16.0 Å². The molecule has 0 aromatic rings. The molecule has 3 N–H and O–H groups in total. The zero-order valence-electron chi connectivity index (χ0n) is 10.8. The van der Waals surface area contributed by atoms with Crippen LogP contribution >= 0.6 is 24.8 Å². The van der Waals surface area contributed by atoms with Crippen LogP contribution in [0.3, 0.4) is 0 Å². The fourth-order valence-electron chi connectivity index (χ4n) is 1.69. The van der Waals surface area contributed by atoms with E-state index in [0.717, 1.165) is 12.8 Å². The lowest BCUT2D eigenvalue weighted by Crippen LogP contribution is -2.51. The second kappa shape index (κ2) is 8.54. The molecule has 0 aromatic carbocycles. The van der Waals surface area contributed by atoms with Crippen molar-refractivity contribution in [2.45, 2.75) is 38.3 Å². The first-order chi connectivity index (χ1) is 7.50. The molecular weight excluding hydrogens is 275 g/mol. The Bertz CT molecular complexity index is 304. The number of hydrogen-bond acceptors (Lipinski definition) is 4. The first-order valence-corrected chi connectivity index (χ1v) is 5.64. The second-order valence-corrected chi connectivity index (χ2v) is 4.82. The summed E-state index contributed by atoms with van der Waals surface area (Å²) in [6.45, 7) is 5.32. The van der Waals surface area contributed by atoms with E-state index in [1.165, 1.54) is 0 Å². The summed E-state index contributed by atoms with van der Waals surface area (Å²) in [4.78, 5) is 13.5. The number of amides is 1. The molecule has 1 fully saturated rings. The zero-order valence-corrected chi connectivity index (χ0v) is 12.4. The van der Waals surface area contributed by atoms with Crippen LogP contribution in [-0.4, -0.2) is 42.0 Å². The highest BCUT2D eigenvalue weighted by Gasteiger charge is 2.29. The summed E-state index contributed by atoms with van der Waals surface area (Å²) in [5.74, 6) is -0.00873. The van der Waals surface area contributed by atoms with Crippen LogP contribution in [-0.2, 0) is 4.79 Å². The number of likely N-dealkylation sites (tertiary alicyclic amines) is 1. The number of halogens is 2. The minimum absolute atomic E-state index is 0. The Morgan fingerprint density at radius 1 is 1.56 bits per heavy atom. The van der Waals surface area contributed by atoms with Gasteiger partial charge in [-0.05, 0) is 26.7 Å². The molecule has 1 atom stereocenters. The highest BCUT2D eigenvalue weighted by Crippen LogP contribution is 2.16. The van der Waals surface area contributed by atoms with E-state index in [-0.39, 0.29) is 48.8 Å². The lowest BCUT2D eigenvalue weighted by Gasteiger charge is -2.26. The summed E-state index contributed by atoms with van der Waals surface area (Å²) in [6, 6.07) is 1.92. The maximum Gasteiger partial charge on any atom is 0.237 e. The number of carbonyl (C=O) groups excluding carboxylic acids is 1. The normalized spacial score (nSPS) is 18.6. The molecule has 0 unspecified atom stereocenters. The molecule has 0 bridgehead atoms. The molecule has 1 amide bonds. The van der Waals surface area contributed by atoms with E-state index in [0.29, 0.717) is 13.1 Å². The van der Waals surface area contributed by atoms with Gasteiger partial charge in [-0.25, -0.2) is 0 Å². The van der Waals surface area contributed by atoms with E-state index in [2.05, 4.69) is 11.4 Å². The molecule has 0 radical (unpaired) electrons. The van der Waals surface area contributed by atoms with Gasteiger partial charge in [0.2, 0.25) is 5.91 Å². The fraction of sp³-hybridized carbons (Fsp3) is 0.818. The van der Waals surface area contributed by atoms with E-state index in [9.17, 15) is 4.79 Å². The Kier molecular flexibility index (Phi) is 9.39. The van der Waals surface area contributed by atoms with Crippen LogP contribution in [0.2, 0.25) is 0 Å². The van der Waals surface area contributed by atoms with Crippen molar-refractivity contribution >= 4 is 30.7 Å². The molecule has 1 saturated heterocycles. The summed E-state index contributed by atoms with van der Waals surface area (Å²) in [5, 5.41) is 12.0. The Morgan fingerprint density at radius 3 is 2.67 bits per heavy atom. The molecule has 18 heavy (non-hydrogen) atoms. The van der Waals surface area contributed by atoms with Crippen molar-refractivity contribution in [3.8, 4) is 6.07 Å². The van der Waals surface area contributed by atoms with Crippen LogP contribution in [0.1, 0.15) is 26.7 Å². The minimum atomic E-state index is -0.240. The summed E-state index contributed by atoms with van der Waals surface area (Å²) in [7, 11) is 0. The number of nitrogens with zero attached hydrogens (tertiary/aromatic N) is 2. The monoisotopic (exact) mass is 296 g/mol. The third-order valence-corrected chi connectivity index (χ3v) is 2.95. The van der Waals surface area contributed by atoms with Crippen molar-refractivity contribution in [1.29, 1.82) is 5.26 Å². The average molecular weight is 297 g/mol. The van der Waals surface area contributed by atoms with E-state index in [1.54, 1.807) is 4.90 Å². The van der Waals surface area contributed by atoms with Gasteiger partial charge in [-0.15, -0.1) is 24.8 Å². The van der Waals surface area contributed by atoms with Crippen molar-refractivity contribution in [3.63, 3.8) is 0 Å². The maximum atomic E-state index is 11.8. The Morgan fingerprint density at radius 2 is 2.17 bits per heavy atom. The van der Waals surface area contributed by atoms with Gasteiger partial charge in [-0.2, -0.15) is 5.26 Å². The maximum absolute atomic E-state index is 11.8. The van der Waals surface area contributed by atoms with Crippen LogP contribution in [0.4, 0.5) is 0 Å². The first kappa shape index (κ1) is 19.8. The van der Waals surface area contributed by atoms with E-state index < -0.39 is 0 Å². The highest BCUT2D eigenvalue weighted by atomic mass is 35.5. The van der Waals surface area contributed by atoms with Crippen molar-refractivity contribution in [1.82, 2.24) is 10.2 Å². The summed E-state index contributed by atoms with van der Waals surface area (Å²) in [5.41, 5.74) is 5.32. The van der Waals surface area contributed by atoms with E-state index >= 15 is 0 Å². The molecule has 5 nitrogen and oxygen atoms in total. The van der Waals surface area contributed by atoms with Crippen LogP contribution in [0.15, 0.2) is 0 Å². The molecule has 0 aromatic heterocycles. The van der Waals surface area contributed by atoms with E-state index in [1.807, 2.05) is 13.8 Å². The highest BCUT2D eigenvalue weighted by molar-refractivity contribution is 5.85. The van der Waals surface area contributed by atoms with Gasteiger partial charge >= 0.3 is 0 Å². The lowest BCUT2D eigenvalue weighted by atomic mass is 10.1. The Balaban J connectivity index is 0. The van der Waals surface area contributed by atoms with Gasteiger partial charge in [0.05, 0.1) is 12.6 Å². The summed E-state index contributed by atoms with van der Waals surface area (Å²) < 4.78 is 0. The number of rotatable bonds is 4. The molecule has 106 valence electrons. The van der Waals surface area contributed by atoms with Crippen LogP contribution in [0.5, 0.6) is 0 Å². The number of nitrogens with two attached hydrogens (primary N) is 1. The molecular formula is C11H22Cl2N4O. The van der Waals surface area contributed by atoms with Crippen LogP contribution in [0, 0.1) is 11.3 Å². The van der Waals surface area contributed by atoms with Crippen molar-refractivity contribution in [3.05, 3.63) is 0 Å². The van der Waals surface area contributed by atoms with Gasteiger partial charge in [-0.1, -0.05) is 0 Å². The molecule has 0 spiro atoms. The molecule has 1 aliphatic rings. The molecule has 7 heteroatoms. The predicted molar refractivity (Wildman–Crippen MR) is 76.0 cm³/mol. The number of nitriles is 1. The summed E-state index contributed by atoms with van der Waals surface area (Å²) >= 11 is 0. The average Bonchev–Trinajstić information content (AvgIpc) is 2.74. The zero-order chi connectivity index (χ0) is 12.2. The quantitative estimate of drug-likeness (QED) is 0.799. The minimum Gasteiger partial charge on any atom is -0.329 e. The first-order valence-electron chi connectivity index (χ1n) is 5.64. The molecule has 1 heterocycles. The largest absolute Gasteiger partial charge is 0.329 e.